The summed E-state index contributed by atoms with van der Waals surface area (Å²) in [5.74, 6) is 1.07. The number of nitrogens with zero attached hydrogens (tertiary/aromatic N) is 3. The van der Waals surface area contributed by atoms with E-state index in [4.69, 9.17) is 4.52 Å². The summed E-state index contributed by atoms with van der Waals surface area (Å²) in [5.41, 5.74) is 0.270. The highest BCUT2D eigenvalue weighted by molar-refractivity contribution is 6.02. The molecular formula is C13H17N5O2. The van der Waals surface area contributed by atoms with Crippen molar-refractivity contribution >= 4 is 17.7 Å². The molecule has 0 saturated heterocycles. The summed E-state index contributed by atoms with van der Waals surface area (Å²) < 4.78 is 4.88. The van der Waals surface area contributed by atoms with Gasteiger partial charge in [0.1, 0.15) is 11.5 Å². The van der Waals surface area contributed by atoms with Crippen LogP contribution < -0.4 is 10.6 Å². The zero-order valence-corrected chi connectivity index (χ0v) is 11.7. The van der Waals surface area contributed by atoms with Crippen LogP contribution >= 0.6 is 0 Å². The molecule has 2 aromatic heterocycles. The lowest BCUT2D eigenvalue weighted by molar-refractivity contribution is 0.102. The molecule has 0 bridgehead atoms. The minimum Gasteiger partial charge on any atom is -0.360 e. The molecule has 2 rings (SSSR count). The SMILES string of the molecule is CCC(C)Nc1nccc(C(=O)Nc2cc(C)on2)n1. The van der Waals surface area contributed by atoms with Crippen LogP contribution in [0.25, 0.3) is 0 Å². The predicted molar refractivity (Wildman–Crippen MR) is 74.6 cm³/mol. The number of anilines is 2. The number of aromatic nitrogens is 3. The normalized spacial score (nSPS) is 11.9. The summed E-state index contributed by atoms with van der Waals surface area (Å²) in [6.07, 6.45) is 2.48. The van der Waals surface area contributed by atoms with E-state index < -0.39 is 0 Å². The van der Waals surface area contributed by atoms with Crippen molar-refractivity contribution in [3.8, 4) is 0 Å². The third-order valence-electron chi connectivity index (χ3n) is 2.75. The first kappa shape index (κ1) is 14.0. The average Bonchev–Trinajstić information content (AvgIpc) is 2.84. The van der Waals surface area contributed by atoms with Gasteiger partial charge in [0.25, 0.3) is 5.91 Å². The molecule has 0 radical (unpaired) electrons. The topological polar surface area (TPSA) is 92.9 Å². The van der Waals surface area contributed by atoms with Gasteiger partial charge in [-0.1, -0.05) is 12.1 Å². The maximum absolute atomic E-state index is 12.0. The molecule has 0 spiro atoms. The lowest BCUT2D eigenvalue weighted by atomic mass is 10.3. The first-order valence-electron chi connectivity index (χ1n) is 6.42. The first-order valence-corrected chi connectivity index (χ1v) is 6.42. The summed E-state index contributed by atoms with van der Waals surface area (Å²) in [6, 6.07) is 3.42. The predicted octanol–water partition coefficient (Wildman–Crippen LogP) is 2.24. The molecule has 1 amide bonds. The van der Waals surface area contributed by atoms with Gasteiger partial charge in [0.2, 0.25) is 5.95 Å². The number of aryl methyl sites for hydroxylation is 1. The van der Waals surface area contributed by atoms with Crippen LogP contribution in [0.1, 0.15) is 36.5 Å². The summed E-state index contributed by atoms with van der Waals surface area (Å²) in [6.45, 7) is 5.83. The van der Waals surface area contributed by atoms with Crippen molar-refractivity contribution in [2.24, 2.45) is 0 Å². The Morgan fingerprint density at radius 2 is 2.30 bits per heavy atom. The van der Waals surface area contributed by atoms with Crippen LogP contribution in [-0.4, -0.2) is 27.1 Å². The van der Waals surface area contributed by atoms with Gasteiger partial charge in [-0.15, -0.1) is 0 Å². The van der Waals surface area contributed by atoms with E-state index in [9.17, 15) is 4.79 Å². The molecule has 2 aromatic rings. The minimum absolute atomic E-state index is 0.242. The number of hydrogen-bond donors (Lipinski definition) is 2. The Morgan fingerprint density at radius 3 is 2.95 bits per heavy atom. The van der Waals surface area contributed by atoms with Crippen LogP contribution in [0.4, 0.5) is 11.8 Å². The van der Waals surface area contributed by atoms with Gasteiger partial charge in [0, 0.05) is 18.3 Å². The zero-order valence-electron chi connectivity index (χ0n) is 11.7. The molecule has 0 fully saturated rings. The maximum atomic E-state index is 12.0. The zero-order chi connectivity index (χ0) is 14.5. The molecule has 2 N–H and O–H groups in total. The molecule has 2 heterocycles. The van der Waals surface area contributed by atoms with E-state index in [1.165, 1.54) is 0 Å². The smallest absolute Gasteiger partial charge is 0.275 e. The van der Waals surface area contributed by atoms with E-state index in [0.29, 0.717) is 17.5 Å². The van der Waals surface area contributed by atoms with Crippen molar-refractivity contribution < 1.29 is 9.32 Å². The summed E-state index contributed by atoms with van der Waals surface area (Å²) in [7, 11) is 0. The third-order valence-corrected chi connectivity index (χ3v) is 2.75. The largest absolute Gasteiger partial charge is 0.360 e. The molecule has 0 aliphatic heterocycles. The second-order valence-corrected chi connectivity index (χ2v) is 4.50. The fraction of sp³-hybridized carbons (Fsp3) is 0.385. The molecule has 106 valence electrons. The van der Waals surface area contributed by atoms with E-state index in [2.05, 4.69) is 32.7 Å². The van der Waals surface area contributed by atoms with Crippen molar-refractivity contribution in [3.05, 3.63) is 29.8 Å². The maximum Gasteiger partial charge on any atom is 0.275 e. The standard InChI is InChI=1S/C13H17N5O2/c1-4-8(2)15-13-14-6-5-10(16-13)12(19)17-11-7-9(3)20-18-11/h5-8H,4H2,1-3H3,(H,14,15,16)(H,17,18,19). The van der Waals surface area contributed by atoms with Gasteiger partial charge in [-0.3, -0.25) is 4.79 Å². The molecule has 0 saturated carbocycles. The van der Waals surface area contributed by atoms with Crippen molar-refractivity contribution in [2.45, 2.75) is 33.2 Å². The Balaban J connectivity index is 2.08. The van der Waals surface area contributed by atoms with Gasteiger partial charge in [-0.2, -0.15) is 0 Å². The number of carbonyl (C=O) groups excluding carboxylic acids is 1. The molecule has 1 unspecified atom stereocenters. The monoisotopic (exact) mass is 275 g/mol. The summed E-state index contributed by atoms with van der Waals surface area (Å²) >= 11 is 0. The van der Waals surface area contributed by atoms with Crippen molar-refractivity contribution in [2.75, 3.05) is 10.6 Å². The number of nitrogens with one attached hydrogen (secondary N) is 2. The summed E-state index contributed by atoms with van der Waals surface area (Å²) in [5, 5.41) is 9.43. The van der Waals surface area contributed by atoms with Crippen LogP contribution in [0.3, 0.4) is 0 Å². The van der Waals surface area contributed by atoms with Crippen LogP contribution in [0, 0.1) is 6.92 Å². The quantitative estimate of drug-likeness (QED) is 0.869. The highest BCUT2D eigenvalue weighted by Crippen LogP contribution is 2.10. The molecule has 0 aromatic carbocycles. The van der Waals surface area contributed by atoms with Gasteiger partial charge >= 0.3 is 0 Å². The van der Waals surface area contributed by atoms with Crippen molar-refractivity contribution in [1.82, 2.24) is 15.1 Å². The molecule has 1 atom stereocenters. The fourth-order valence-electron chi connectivity index (χ4n) is 1.48. The van der Waals surface area contributed by atoms with E-state index in [0.717, 1.165) is 6.42 Å². The van der Waals surface area contributed by atoms with Crippen molar-refractivity contribution in [3.63, 3.8) is 0 Å². The number of hydrogen-bond acceptors (Lipinski definition) is 6. The first-order chi connectivity index (χ1) is 9.58. The number of rotatable bonds is 5. The van der Waals surface area contributed by atoms with Gasteiger partial charge in [-0.25, -0.2) is 9.97 Å². The molecule has 20 heavy (non-hydrogen) atoms. The molecule has 0 aliphatic rings. The van der Waals surface area contributed by atoms with Gasteiger partial charge < -0.3 is 15.2 Å². The lowest BCUT2D eigenvalue weighted by Crippen LogP contribution is -2.19. The number of amides is 1. The molecule has 7 nitrogen and oxygen atoms in total. The Kier molecular flexibility index (Phi) is 4.29. The highest BCUT2D eigenvalue weighted by atomic mass is 16.5. The minimum atomic E-state index is -0.354. The Bertz CT molecular complexity index is 596. The van der Waals surface area contributed by atoms with Crippen LogP contribution in [-0.2, 0) is 0 Å². The molecule has 0 aliphatic carbocycles. The van der Waals surface area contributed by atoms with Crippen LogP contribution in [0.2, 0.25) is 0 Å². The third kappa shape index (κ3) is 3.53. The van der Waals surface area contributed by atoms with Crippen LogP contribution in [0.15, 0.2) is 22.9 Å². The number of carbonyl (C=O) groups is 1. The molecule has 7 heteroatoms. The lowest BCUT2D eigenvalue weighted by Gasteiger charge is -2.11. The van der Waals surface area contributed by atoms with Gasteiger partial charge in [0.05, 0.1) is 0 Å². The summed E-state index contributed by atoms with van der Waals surface area (Å²) in [4.78, 5) is 20.3. The van der Waals surface area contributed by atoms with Crippen molar-refractivity contribution in [1.29, 1.82) is 0 Å². The van der Waals surface area contributed by atoms with Gasteiger partial charge in [0.15, 0.2) is 5.82 Å². The fourth-order valence-corrected chi connectivity index (χ4v) is 1.48. The highest BCUT2D eigenvalue weighted by Gasteiger charge is 2.12. The second kappa shape index (κ2) is 6.14. The Morgan fingerprint density at radius 1 is 1.50 bits per heavy atom. The molecular weight excluding hydrogens is 258 g/mol. The van der Waals surface area contributed by atoms with E-state index >= 15 is 0 Å². The van der Waals surface area contributed by atoms with Crippen LogP contribution in [0.5, 0.6) is 0 Å². The van der Waals surface area contributed by atoms with Gasteiger partial charge in [-0.05, 0) is 26.3 Å². The average molecular weight is 275 g/mol. The van der Waals surface area contributed by atoms with E-state index in [-0.39, 0.29) is 17.6 Å². The van der Waals surface area contributed by atoms with E-state index in [1.807, 2.05) is 6.92 Å². The second-order valence-electron chi connectivity index (χ2n) is 4.50. The Hall–Kier alpha value is -2.44. The Labute approximate surface area is 116 Å². The van der Waals surface area contributed by atoms with E-state index in [1.54, 1.807) is 25.3 Å².